The zero-order valence-electron chi connectivity index (χ0n) is 22.1. The lowest BCUT2D eigenvalue weighted by atomic mass is 10.1. The lowest BCUT2D eigenvalue weighted by Gasteiger charge is -2.22. The second-order valence-corrected chi connectivity index (χ2v) is 8.45. The maximum absolute atomic E-state index is 12.4. The Kier molecular flexibility index (Phi) is 5.69. The molecule has 0 radical (unpaired) electrons. The van der Waals surface area contributed by atoms with Crippen molar-refractivity contribution in [2.75, 3.05) is 44.0 Å². The summed E-state index contributed by atoms with van der Waals surface area (Å²) in [4.78, 5) is 20.9. The SMILES string of the molecule is [2H]C([2H])([2H])Nc1ncc(C#Cc2ccc(OCC3COCCO3)cn2)c2cc(NC(=O)[C@H]3C[C@H]3C)nnc12. The van der Waals surface area contributed by atoms with Gasteiger partial charge in [-0.2, -0.15) is 0 Å². The summed E-state index contributed by atoms with van der Waals surface area (Å²) in [7, 11) is 0. The number of aromatic nitrogens is 4. The number of hydrogen-bond donors (Lipinski definition) is 2. The summed E-state index contributed by atoms with van der Waals surface area (Å²) in [5.74, 6) is 7.04. The highest BCUT2D eigenvalue weighted by Gasteiger charge is 2.39. The van der Waals surface area contributed by atoms with Crippen molar-refractivity contribution in [3.63, 3.8) is 0 Å². The first-order valence-corrected chi connectivity index (χ1v) is 11.3. The molecule has 2 fully saturated rings. The molecule has 1 unspecified atom stereocenters. The number of ether oxygens (including phenoxy) is 3. The minimum absolute atomic E-state index is 0.0405. The van der Waals surface area contributed by atoms with E-state index in [1.54, 1.807) is 24.4 Å². The maximum Gasteiger partial charge on any atom is 0.228 e. The first-order chi connectivity index (χ1) is 18.2. The lowest BCUT2D eigenvalue weighted by Crippen LogP contribution is -2.33. The highest BCUT2D eigenvalue weighted by molar-refractivity contribution is 5.97. The Hall–Kier alpha value is -3.81. The third-order valence-electron chi connectivity index (χ3n) is 5.83. The van der Waals surface area contributed by atoms with E-state index in [0.717, 1.165) is 6.42 Å². The molecule has 0 bridgehead atoms. The zero-order chi connectivity index (χ0) is 26.7. The molecule has 10 nitrogen and oxygen atoms in total. The van der Waals surface area contributed by atoms with Gasteiger partial charge in [0, 0.05) is 28.6 Å². The fourth-order valence-corrected chi connectivity index (χ4v) is 3.68. The summed E-state index contributed by atoms with van der Waals surface area (Å²) in [5, 5.41) is 13.8. The molecule has 10 heteroatoms. The maximum atomic E-state index is 12.4. The van der Waals surface area contributed by atoms with E-state index in [1.807, 2.05) is 6.92 Å². The van der Waals surface area contributed by atoms with Crippen molar-refractivity contribution in [2.24, 2.45) is 11.8 Å². The van der Waals surface area contributed by atoms with Crippen LogP contribution >= 0.6 is 0 Å². The van der Waals surface area contributed by atoms with Crippen molar-refractivity contribution in [1.82, 2.24) is 20.2 Å². The van der Waals surface area contributed by atoms with Crippen molar-refractivity contribution in [1.29, 1.82) is 0 Å². The van der Waals surface area contributed by atoms with Crippen molar-refractivity contribution in [3.8, 4) is 17.6 Å². The smallest absolute Gasteiger partial charge is 0.228 e. The van der Waals surface area contributed by atoms with Crippen molar-refractivity contribution < 1.29 is 23.1 Å². The number of nitrogens with one attached hydrogen (secondary N) is 2. The van der Waals surface area contributed by atoms with Crippen LogP contribution in [0.2, 0.25) is 0 Å². The molecule has 1 saturated heterocycles. The molecule has 3 atom stereocenters. The molecule has 2 N–H and O–H groups in total. The van der Waals surface area contributed by atoms with E-state index >= 15 is 0 Å². The van der Waals surface area contributed by atoms with Gasteiger partial charge in [0.2, 0.25) is 5.91 Å². The number of amides is 1. The number of pyridine rings is 2. The van der Waals surface area contributed by atoms with Crippen molar-refractivity contribution >= 4 is 28.4 Å². The lowest BCUT2D eigenvalue weighted by molar-refractivity contribution is -0.117. The third kappa shape index (κ3) is 5.48. The molecule has 1 saturated carbocycles. The summed E-state index contributed by atoms with van der Waals surface area (Å²) in [5.41, 5.74) is 1.18. The van der Waals surface area contributed by atoms with E-state index in [4.69, 9.17) is 18.3 Å². The molecular formula is C25H26N6O4. The van der Waals surface area contributed by atoms with Crippen LogP contribution in [-0.4, -0.2) is 65.6 Å². The molecule has 1 aliphatic carbocycles. The van der Waals surface area contributed by atoms with Crippen LogP contribution in [0, 0.1) is 23.7 Å². The summed E-state index contributed by atoms with van der Waals surface area (Å²) >= 11 is 0. The fourth-order valence-electron chi connectivity index (χ4n) is 3.68. The van der Waals surface area contributed by atoms with Crippen LogP contribution in [0.3, 0.4) is 0 Å². The number of fused-ring (bicyclic) bond motifs is 1. The topological polar surface area (TPSA) is 120 Å². The molecule has 2 aliphatic rings. The van der Waals surface area contributed by atoms with Gasteiger partial charge in [-0.15, -0.1) is 10.2 Å². The van der Waals surface area contributed by atoms with Crippen LogP contribution in [0.25, 0.3) is 10.9 Å². The molecule has 3 aromatic rings. The van der Waals surface area contributed by atoms with Gasteiger partial charge in [0.15, 0.2) is 11.6 Å². The predicted octanol–water partition coefficient (Wildman–Crippen LogP) is 2.25. The van der Waals surface area contributed by atoms with E-state index in [9.17, 15) is 4.79 Å². The zero-order valence-corrected chi connectivity index (χ0v) is 19.1. The molecule has 3 aromatic heterocycles. The molecule has 35 heavy (non-hydrogen) atoms. The van der Waals surface area contributed by atoms with E-state index in [0.29, 0.717) is 54.7 Å². The van der Waals surface area contributed by atoms with Gasteiger partial charge in [-0.05, 0) is 36.5 Å². The Morgan fingerprint density at radius 3 is 2.91 bits per heavy atom. The second-order valence-electron chi connectivity index (χ2n) is 8.45. The van der Waals surface area contributed by atoms with Gasteiger partial charge in [0.1, 0.15) is 29.7 Å². The largest absolute Gasteiger partial charge is 0.489 e. The highest BCUT2D eigenvalue weighted by Crippen LogP contribution is 2.38. The van der Waals surface area contributed by atoms with Crippen molar-refractivity contribution in [3.05, 3.63) is 41.9 Å². The number of nitrogens with zero attached hydrogens (tertiary/aromatic N) is 4. The molecule has 0 spiro atoms. The van der Waals surface area contributed by atoms with Crippen LogP contribution in [0.5, 0.6) is 5.75 Å². The Morgan fingerprint density at radius 1 is 1.26 bits per heavy atom. The van der Waals surface area contributed by atoms with Gasteiger partial charge in [-0.25, -0.2) is 9.97 Å². The Labute approximate surface area is 207 Å². The van der Waals surface area contributed by atoms with E-state index in [1.165, 1.54) is 6.20 Å². The van der Waals surface area contributed by atoms with E-state index in [2.05, 4.69) is 42.6 Å². The van der Waals surface area contributed by atoms with Gasteiger partial charge in [0.05, 0.1) is 31.6 Å². The number of carbonyl (C=O) groups excluding carboxylic acids is 1. The normalized spacial score (nSPS) is 22.7. The fraction of sp³-hybridized carbons (Fsp3) is 0.400. The molecule has 4 heterocycles. The molecule has 1 aliphatic heterocycles. The van der Waals surface area contributed by atoms with Crippen LogP contribution in [0.4, 0.5) is 11.6 Å². The van der Waals surface area contributed by atoms with Gasteiger partial charge < -0.3 is 24.8 Å². The minimum Gasteiger partial charge on any atom is -0.489 e. The summed E-state index contributed by atoms with van der Waals surface area (Å²) in [6, 6.07) is 5.10. The average molecular weight is 478 g/mol. The molecule has 5 rings (SSSR count). The first-order valence-electron chi connectivity index (χ1n) is 12.8. The number of hydrogen-bond acceptors (Lipinski definition) is 9. The Bertz CT molecular complexity index is 1380. The number of anilines is 2. The number of rotatable bonds is 6. The quantitative estimate of drug-likeness (QED) is 0.515. The van der Waals surface area contributed by atoms with Gasteiger partial charge in [-0.3, -0.25) is 4.79 Å². The Balaban J connectivity index is 1.37. The van der Waals surface area contributed by atoms with Crippen LogP contribution in [0.1, 0.15) is 28.7 Å². The predicted molar refractivity (Wildman–Crippen MR) is 129 cm³/mol. The van der Waals surface area contributed by atoms with Crippen molar-refractivity contribution in [2.45, 2.75) is 19.4 Å². The summed E-state index contributed by atoms with van der Waals surface area (Å²) < 4.78 is 39.2. The summed E-state index contributed by atoms with van der Waals surface area (Å²) in [6.45, 7) is 1.53. The first kappa shape index (κ1) is 19.5. The van der Waals surface area contributed by atoms with Crippen LogP contribution in [0.15, 0.2) is 30.6 Å². The second kappa shape index (κ2) is 10.2. The van der Waals surface area contributed by atoms with Gasteiger partial charge in [-0.1, -0.05) is 12.8 Å². The van der Waals surface area contributed by atoms with Gasteiger partial charge in [0.25, 0.3) is 0 Å². The van der Waals surface area contributed by atoms with E-state index < -0.39 is 6.98 Å². The molecule has 180 valence electrons. The monoisotopic (exact) mass is 477 g/mol. The molecule has 0 aromatic carbocycles. The molecular weight excluding hydrogens is 448 g/mol. The average Bonchev–Trinajstić information content (AvgIpc) is 3.64. The Morgan fingerprint density at radius 2 is 2.17 bits per heavy atom. The van der Waals surface area contributed by atoms with Crippen LogP contribution < -0.4 is 15.4 Å². The standard InChI is InChI=1S/C25H26N6O4/c1-15-9-20(15)25(32)29-22-10-21-16(11-28-24(26-2)23(21)31-30-22)3-4-17-5-6-18(12-27-17)35-14-19-13-33-7-8-34-19/h5-6,10-12,15,19-20H,7-9,13-14H2,1-2H3,(H,26,28)(H,29,30,32)/t15-,19?,20+/m1/s1/i2D3. The van der Waals surface area contributed by atoms with Crippen LogP contribution in [-0.2, 0) is 14.3 Å². The number of carbonyl (C=O) groups is 1. The highest BCUT2D eigenvalue weighted by atomic mass is 16.6. The van der Waals surface area contributed by atoms with E-state index in [-0.39, 0.29) is 35.1 Å². The third-order valence-corrected chi connectivity index (χ3v) is 5.83. The molecule has 1 amide bonds. The van der Waals surface area contributed by atoms with Gasteiger partial charge >= 0.3 is 0 Å². The summed E-state index contributed by atoms with van der Waals surface area (Å²) in [6.07, 6.45) is 3.74. The minimum atomic E-state index is -2.48.